The van der Waals surface area contributed by atoms with E-state index in [0.29, 0.717) is 19.7 Å². The van der Waals surface area contributed by atoms with E-state index < -0.39 is 0 Å². The Morgan fingerprint density at radius 3 is 2.28 bits per heavy atom. The predicted molar refractivity (Wildman–Crippen MR) is 102 cm³/mol. The maximum absolute atomic E-state index is 11.7. The van der Waals surface area contributed by atoms with Crippen molar-refractivity contribution in [2.75, 3.05) is 19.7 Å². The Labute approximate surface area is 150 Å². The number of amides is 2. The smallest absolute Gasteiger partial charge is 0.314 e. The average Bonchev–Trinajstić information content (AvgIpc) is 2.63. The number of hydrogen-bond donors (Lipinski definition) is 2. The summed E-state index contributed by atoms with van der Waals surface area (Å²) in [6.45, 7) is 3.97. The topological polar surface area (TPSA) is 50.4 Å². The minimum atomic E-state index is -0.102. The molecule has 0 bridgehead atoms. The zero-order chi connectivity index (χ0) is 17.7. The minimum Gasteiger partial charge on any atom is -0.494 e. The fraction of sp³-hybridized carbons (Fsp3) is 0.381. The highest BCUT2D eigenvalue weighted by Crippen LogP contribution is 2.11. The lowest BCUT2D eigenvalue weighted by Crippen LogP contribution is -2.36. The molecule has 0 saturated heterocycles. The van der Waals surface area contributed by atoms with Gasteiger partial charge in [-0.2, -0.15) is 0 Å². The highest BCUT2D eigenvalue weighted by atomic mass is 16.5. The van der Waals surface area contributed by atoms with E-state index in [1.165, 1.54) is 11.1 Å². The Bertz CT molecular complexity index is 612. The van der Waals surface area contributed by atoms with Crippen LogP contribution < -0.4 is 15.4 Å². The summed E-state index contributed by atoms with van der Waals surface area (Å²) < 4.78 is 5.63. The van der Waals surface area contributed by atoms with Gasteiger partial charge < -0.3 is 15.4 Å². The van der Waals surface area contributed by atoms with Gasteiger partial charge in [0.05, 0.1) is 6.61 Å². The summed E-state index contributed by atoms with van der Waals surface area (Å²) in [6.07, 6.45) is 3.91. The van der Waals surface area contributed by atoms with Crippen LogP contribution in [-0.4, -0.2) is 25.7 Å². The number of rotatable bonds is 10. The Morgan fingerprint density at radius 2 is 1.56 bits per heavy atom. The number of urea groups is 1. The normalized spacial score (nSPS) is 10.3. The first-order chi connectivity index (χ1) is 12.2. The van der Waals surface area contributed by atoms with Crippen molar-refractivity contribution in [3.05, 3.63) is 65.7 Å². The maximum Gasteiger partial charge on any atom is 0.314 e. The number of hydrogen-bond acceptors (Lipinski definition) is 2. The molecule has 2 amide bonds. The highest BCUT2D eigenvalue weighted by Gasteiger charge is 1.99. The fourth-order valence-corrected chi connectivity index (χ4v) is 2.46. The van der Waals surface area contributed by atoms with Crippen molar-refractivity contribution in [3.8, 4) is 5.75 Å². The lowest BCUT2D eigenvalue weighted by molar-refractivity contribution is 0.239. The van der Waals surface area contributed by atoms with Gasteiger partial charge in [-0.3, -0.25) is 0 Å². The van der Waals surface area contributed by atoms with Crippen molar-refractivity contribution in [2.24, 2.45) is 0 Å². The molecular formula is C21H28N2O2. The molecule has 2 N–H and O–H groups in total. The average molecular weight is 340 g/mol. The number of benzene rings is 2. The maximum atomic E-state index is 11.7. The van der Waals surface area contributed by atoms with Crippen LogP contribution in [0, 0.1) is 6.92 Å². The molecule has 4 nitrogen and oxygen atoms in total. The zero-order valence-corrected chi connectivity index (χ0v) is 15.0. The monoisotopic (exact) mass is 340 g/mol. The summed E-state index contributed by atoms with van der Waals surface area (Å²) in [5.74, 6) is 0.869. The van der Waals surface area contributed by atoms with Crippen LogP contribution in [0.5, 0.6) is 5.75 Å². The van der Waals surface area contributed by atoms with Crippen LogP contribution in [0.3, 0.4) is 0 Å². The van der Waals surface area contributed by atoms with Crippen LogP contribution in [0.1, 0.15) is 30.4 Å². The van der Waals surface area contributed by atoms with Gasteiger partial charge in [0.25, 0.3) is 0 Å². The molecule has 2 aromatic carbocycles. The van der Waals surface area contributed by atoms with Crippen LogP contribution in [0.15, 0.2) is 54.6 Å². The van der Waals surface area contributed by atoms with Crippen LogP contribution in [0.4, 0.5) is 4.79 Å². The molecule has 0 aliphatic carbocycles. The number of nitrogens with one attached hydrogen (secondary N) is 2. The predicted octanol–water partition coefficient (Wildman–Crippen LogP) is 4.09. The van der Waals surface area contributed by atoms with E-state index in [1.807, 2.05) is 37.3 Å². The van der Waals surface area contributed by atoms with Crippen molar-refractivity contribution >= 4 is 6.03 Å². The van der Waals surface area contributed by atoms with Crippen molar-refractivity contribution in [2.45, 2.75) is 32.6 Å². The van der Waals surface area contributed by atoms with Crippen LogP contribution in [0.2, 0.25) is 0 Å². The molecule has 0 unspecified atom stereocenters. The summed E-state index contributed by atoms with van der Waals surface area (Å²) in [6, 6.07) is 18.3. The van der Waals surface area contributed by atoms with Crippen molar-refractivity contribution < 1.29 is 9.53 Å². The molecule has 2 aromatic rings. The van der Waals surface area contributed by atoms with E-state index in [9.17, 15) is 4.79 Å². The van der Waals surface area contributed by atoms with Gasteiger partial charge in [0.1, 0.15) is 5.75 Å². The molecular weight excluding hydrogens is 312 g/mol. The SMILES string of the molecule is Cc1ccc(OCCCNC(=O)NCCCCc2ccccc2)cc1. The molecule has 0 radical (unpaired) electrons. The summed E-state index contributed by atoms with van der Waals surface area (Å²) >= 11 is 0. The number of carbonyl (C=O) groups is 1. The highest BCUT2D eigenvalue weighted by molar-refractivity contribution is 5.73. The summed E-state index contributed by atoms with van der Waals surface area (Å²) in [7, 11) is 0. The fourth-order valence-electron chi connectivity index (χ4n) is 2.46. The van der Waals surface area contributed by atoms with E-state index in [0.717, 1.165) is 31.4 Å². The first-order valence-electron chi connectivity index (χ1n) is 8.99. The third kappa shape index (κ3) is 8.25. The van der Waals surface area contributed by atoms with Gasteiger partial charge in [-0.25, -0.2) is 4.79 Å². The van der Waals surface area contributed by atoms with Crippen LogP contribution >= 0.6 is 0 Å². The van der Waals surface area contributed by atoms with Gasteiger partial charge >= 0.3 is 6.03 Å². The molecule has 4 heteroatoms. The van der Waals surface area contributed by atoms with Gasteiger partial charge in [-0.05, 0) is 50.3 Å². The van der Waals surface area contributed by atoms with Crippen molar-refractivity contribution in [3.63, 3.8) is 0 Å². The van der Waals surface area contributed by atoms with Gasteiger partial charge in [-0.15, -0.1) is 0 Å². The zero-order valence-electron chi connectivity index (χ0n) is 15.0. The second-order valence-corrected chi connectivity index (χ2v) is 6.14. The van der Waals surface area contributed by atoms with E-state index in [2.05, 4.69) is 34.9 Å². The molecule has 0 aliphatic heterocycles. The molecule has 0 heterocycles. The first-order valence-corrected chi connectivity index (χ1v) is 8.99. The van der Waals surface area contributed by atoms with Gasteiger partial charge in [-0.1, -0.05) is 48.0 Å². The number of carbonyl (C=O) groups excluding carboxylic acids is 1. The third-order valence-corrected chi connectivity index (χ3v) is 3.92. The van der Waals surface area contributed by atoms with Crippen LogP contribution in [0.25, 0.3) is 0 Å². The van der Waals surface area contributed by atoms with Crippen molar-refractivity contribution in [1.82, 2.24) is 10.6 Å². The van der Waals surface area contributed by atoms with Gasteiger partial charge in [0.15, 0.2) is 0 Å². The second-order valence-electron chi connectivity index (χ2n) is 6.14. The lowest BCUT2D eigenvalue weighted by Gasteiger charge is -2.09. The van der Waals surface area contributed by atoms with E-state index in [1.54, 1.807) is 0 Å². The van der Waals surface area contributed by atoms with Gasteiger partial charge in [0.2, 0.25) is 0 Å². The summed E-state index contributed by atoms with van der Waals surface area (Å²) in [5, 5.41) is 5.75. The Hall–Kier alpha value is -2.49. The molecule has 0 saturated carbocycles. The quantitative estimate of drug-likeness (QED) is 0.640. The van der Waals surface area contributed by atoms with E-state index >= 15 is 0 Å². The Kier molecular flexibility index (Phi) is 8.39. The summed E-state index contributed by atoms with van der Waals surface area (Å²) in [4.78, 5) is 11.7. The largest absolute Gasteiger partial charge is 0.494 e. The Balaban J connectivity index is 1.44. The second kappa shape index (κ2) is 11.1. The molecule has 0 atom stereocenters. The molecule has 134 valence electrons. The molecule has 25 heavy (non-hydrogen) atoms. The Morgan fingerprint density at radius 1 is 0.880 bits per heavy atom. The number of ether oxygens (including phenoxy) is 1. The summed E-state index contributed by atoms with van der Waals surface area (Å²) in [5.41, 5.74) is 2.56. The van der Waals surface area contributed by atoms with Crippen molar-refractivity contribution in [1.29, 1.82) is 0 Å². The molecule has 0 aromatic heterocycles. The van der Waals surface area contributed by atoms with E-state index in [-0.39, 0.29) is 6.03 Å². The molecule has 0 spiro atoms. The van der Waals surface area contributed by atoms with E-state index in [4.69, 9.17) is 4.74 Å². The standard InChI is InChI=1S/C21H28N2O2/c1-18-11-13-20(14-12-18)25-17-7-16-23-21(24)22-15-6-5-10-19-8-3-2-4-9-19/h2-4,8-9,11-14H,5-7,10,15-17H2,1H3,(H2,22,23,24). The number of aryl methyl sites for hydroxylation is 2. The van der Waals surface area contributed by atoms with Crippen LogP contribution in [-0.2, 0) is 6.42 Å². The molecule has 0 fully saturated rings. The molecule has 0 aliphatic rings. The van der Waals surface area contributed by atoms with Gasteiger partial charge in [0, 0.05) is 13.1 Å². The minimum absolute atomic E-state index is 0.102. The first kappa shape index (κ1) is 18.8. The lowest BCUT2D eigenvalue weighted by atomic mass is 10.1. The third-order valence-electron chi connectivity index (χ3n) is 3.92. The number of unbranched alkanes of at least 4 members (excludes halogenated alkanes) is 1. The molecule has 2 rings (SSSR count).